The molecule has 0 aromatic carbocycles. The van der Waals surface area contributed by atoms with Crippen molar-refractivity contribution >= 4 is 17.5 Å². The molecule has 1 atom stereocenters. The maximum absolute atomic E-state index is 11.2. The Kier molecular flexibility index (Phi) is 2.80. The lowest BCUT2D eigenvalue weighted by atomic mass is 10.0. The molecule has 1 heterocycles. The number of carbonyl (C=O) groups excluding carboxylic acids is 3. The summed E-state index contributed by atoms with van der Waals surface area (Å²) in [6.07, 6.45) is 0.0677. The van der Waals surface area contributed by atoms with Crippen molar-refractivity contribution in [3.63, 3.8) is 0 Å². The van der Waals surface area contributed by atoms with Crippen molar-refractivity contribution in [3.05, 3.63) is 0 Å². The minimum atomic E-state index is -0.567. The van der Waals surface area contributed by atoms with E-state index < -0.39 is 6.04 Å². The van der Waals surface area contributed by atoms with E-state index in [0.29, 0.717) is 0 Å². The SMILES string of the molecule is CC(C)C(=O)CC1NC(=O)CC1=O. The minimum Gasteiger partial charge on any atom is -0.345 e. The molecule has 0 saturated carbocycles. The topological polar surface area (TPSA) is 63.2 Å². The molecule has 0 aromatic heterocycles. The van der Waals surface area contributed by atoms with Crippen LogP contribution < -0.4 is 5.32 Å². The fourth-order valence-electron chi connectivity index (χ4n) is 1.21. The second-order valence-electron chi connectivity index (χ2n) is 3.59. The molecule has 0 aromatic rings. The summed E-state index contributed by atoms with van der Waals surface area (Å²) in [5.74, 6) is -0.503. The summed E-state index contributed by atoms with van der Waals surface area (Å²) in [5, 5.41) is 2.48. The Hall–Kier alpha value is -1.19. The maximum atomic E-state index is 11.2. The molecule has 72 valence electrons. The molecule has 4 nitrogen and oxygen atoms in total. The molecule has 1 N–H and O–H groups in total. The first kappa shape index (κ1) is 9.89. The number of amides is 1. The largest absolute Gasteiger partial charge is 0.345 e. The lowest BCUT2D eigenvalue weighted by Crippen LogP contribution is -2.32. The average Bonchev–Trinajstić information content (AvgIpc) is 2.30. The highest BCUT2D eigenvalue weighted by Crippen LogP contribution is 2.09. The summed E-state index contributed by atoms with van der Waals surface area (Å²) in [5.41, 5.74) is 0. The van der Waals surface area contributed by atoms with Crippen molar-refractivity contribution in [3.8, 4) is 0 Å². The monoisotopic (exact) mass is 183 g/mol. The minimum absolute atomic E-state index is 0.0144. The number of hydrogen-bond donors (Lipinski definition) is 1. The van der Waals surface area contributed by atoms with E-state index in [0.717, 1.165) is 0 Å². The van der Waals surface area contributed by atoms with E-state index in [1.165, 1.54) is 0 Å². The summed E-state index contributed by atoms with van der Waals surface area (Å²) < 4.78 is 0. The summed E-state index contributed by atoms with van der Waals surface area (Å²) in [7, 11) is 0. The number of hydrogen-bond acceptors (Lipinski definition) is 3. The van der Waals surface area contributed by atoms with E-state index >= 15 is 0 Å². The highest BCUT2D eigenvalue weighted by Gasteiger charge is 2.31. The molecule has 1 amide bonds. The molecule has 0 radical (unpaired) electrons. The highest BCUT2D eigenvalue weighted by molar-refractivity contribution is 6.09. The molecule has 1 aliphatic heterocycles. The standard InChI is InChI=1S/C9H13NO3/c1-5(2)7(11)3-6-8(12)4-9(13)10-6/h5-6H,3-4H2,1-2H3,(H,10,13). The third-order valence-corrected chi connectivity index (χ3v) is 2.11. The third-order valence-electron chi connectivity index (χ3n) is 2.11. The zero-order valence-electron chi connectivity index (χ0n) is 7.79. The Balaban J connectivity index is 2.51. The average molecular weight is 183 g/mol. The van der Waals surface area contributed by atoms with Gasteiger partial charge >= 0.3 is 0 Å². The van der Waals surface area contributed by atoms with Crippen LogP contribution in [0.3, 0.4) is 0 Å². The van der Waals surface area contributed by atoms with Crippen molar-refractivity contribution in [2.75, 3.05) is 0 Å². The Morgan fingerprint density at radius 2 is 2.15 bits per heavy atom. The molecule has 0 aliphatic carbocycles. The fourth-order valence-corrected chi connectivity index (χ4v) is 1.21. The van der Waals surface area contributed by atoms with Gasteiger partial charge < -0.3 is 5.32 Å². The van der Waals surface area contributed by atoms with Gasteiger partial charge in [-0.3, -0.25) is 14.4 Å². The van der Waals surface area contributed by atoms with E-state index in [9.17, 15) is 14.4 Å². The fraction of sp³-hybridized carbons (Fsp3) is 0.667. The van der Waals surface area contributed by atoms with Gasteiger partial charge in [-0.2, -0.15) is 0 Å². The lowest BCUT2D eigenvalue weighted by molar-refractivity contribution is -0.126. The van der Waals surface area contributed by atoms with Gasteiger partial charge in [0.15, 0.2) is 5.78 Å². The third kappa shape index (κ3) is 2.37. The summed E-state index contributed by atoms with van der Waals surface area (Å²) in [4.78, 5) is 33.1. The van der Waals surface area contributed by atoms with Gasteiger partial charge in [-0.05, 0) is 0 Å². The van der Waals surface area contributed by atoms with Gasteiger partial charge in [0.05, 0.1) is 12.5 Å². The van der Waals surface area contributed by atoms with Crippen LogP contribution in [0.4, 0.5) is 0 Å². The predicted molar refractivity (Wildman–Crippen MR) is 46.0 cm³/mol. The smallest absolute Gasteiger partial charge is 0.228 e. The Morgan fingerprint density at radius 1 is 1.54 bits per heavy atom. The van der Waals surface area contributed by atoms with Gasteiger partial charge in [0, 0.05) is 12.3 Å². The van der Waals surface area contributed by atoms with Crippen LogP contribution in [-0.4, -0.2) is 23.5 Å². The normalized spacial score (nSPS) is 22.2. The van der Waals surface area contributed by atoms with Crippen LogP contribution in [0.1, 0.15) is 26.7 Å². The van der Waals surface area contributed by atoms with Gasteiger partial charge in [0.25, 0.3) is 0 Å². The van der Waals surface area contributed by atoms with E-state index in [1.807, 2.05) is 0 Å². The molecular weight excluding hydrogens is 170 g/mol. The Morgan fingerprint density at radius 3 is 2.54 bits per heavy atom. The highest BCUT2D eigenvalue weighted by atomic mass is 16.2. The van der Waals surface area contributed by atoms with E-state index in [1.54, 1.807) is 13.8 Å². The molecule has 1 fully saturated rings. The second kappa shape index (κ2) is 3.68. The molecule has 1 aliphatic rings. The summed E-state index contributed by atoms with van der Waals surface area (Å²) in [6.45, 7) is 3.56. The van der Waals surface area contributed by atoms with E-state index in [2.05, 4.69) is 5.32 Å². The number of carbonyl (C=O) groups is 3. The van der Waals surface area contributed by atoms with Crippen molar-refractivity contribution < 1.29 is 14.4 Å². The Bertz CT molecular complexity index is 258. The summed E-state index contributed by atoms with van der Waals surface area (Å²) in [6, 6.07) is -0.567. The van der Waals surface area contributed by atoms with Crippen LogP contribution in [0.15, 0.2) is 0 Å². The Labute approximate surface area is 76.7 Å². The van der Waals surface area contributed by atoms with Crippen LogP contribution in [0.25, 0.3) is 0 Å². The van der Waals surface area contributed by atoms with Gasteiger partial charge in [0.2, 0.25) is 5.91 Å². The van der Waals surface area contributed by atoms with Crippen LogP contribution in [0.2, 0.25) is 0 Å². The number of nitrogens with one attached hydrogen (secondary N) is 1. The van der Waals surface area contributed by atoms with Crippen molar-refractivity contribution in [1.29, 1.82) is 0 Å². The first-order valence-corrected chi connectivity index (χ1v) is 4.35. The van der Waals surface area contributed by atoms with Crippen LogP contribution >= 0.6 is 0 Å². The molecular formula is C9H13NO3. The van der Waals surface area contributed by atoms with Gasteiger partial charge in [-0.15, -0.1) is 0 Å². The molecule has 13 heavy (non-hydrogen) atoms. The zero-order chi connectivity index (χ0) is 10.0. The first-order chi connectivity index (χ1) is 6.00. The lowest BCUT2D eigenvalue weighted by Gasteiger charge is -2.08. The molecule has 4 heteroatoms. The quantitative estimate of drug-likeness (QED) is 0.629. The molecule has 1 unspecified atom stereocenters. The van der Waals surface area contributed by atoms with Crippen molar-refractivity contribution in [1.82, 2.24) is 5.32 Å². The van der Waals surface area contributed by atoms with Gasteiger partial charge in [-0.1, -0.05) is 13.8 Å². The molecule has 0 spiro atoms. The van der Waals surface area contributed by atoms with Crippen LogP contribution in [-0.2, 0) is 14.4 Å². The van der Waals surface area contributed by atoms with E-state index in [-0.39, 0.29) is 36.2 Å². The summed E-state index contributed by atoms with van der Waals surface area (Å²) >= 11 is 0. The van der Waals surface area contributed by atoms with E-state index in [4.69, 9.17) is 0 Å². The van der Waals surface area contributed by atoms with Crippen molar-refractivity contribution in [2.45, 2.75) is 32.7 Å². The number of ketones is 2. The first-order valence-electron chi connectivity index (χ1n) is 4.35. The maximum Gasteiger partial charge on any atom is 0.228 e. The number of Topliss-reactive ketones (excluding diaryl/α,β-unsaturated/α-hetero) is 2. The molecule has 0 bridgehead atoms. The van der Waals surface area contributed by atoms with Crippen LogP contribution in [0.5, 0.6) is 0 Å². The second-order valence-corrected chi connectivity index (χ2v) is 3.59. The van der Waals surface area contributed by atoms with Crippen LogP contribution in [0, 0.1) is 5.92 Å². The van der Waals surface area contributed by atoms with Gasteiger partial charge in [-0.25, -0.2) is 0 Å². The zero-order valence-corrected chi connectivity index (χ0v) is 7.79. The molecule has 1 saturated heterocycles. The molecule has 1 rings (SSSR count). The van der Waals surface area contributed by atoms with Crippen molar-refractivity contribution in [2.24, 2.45) is 5.92 Å². The number of rotatable bonds is 3. The van der Waals surface area contributed by atoms with Gasteiger partial charge in [0.1, 0.15) is 5.78 Å². The predicted octanol–water partition coefficient (Wildman–Crippen LogP) is 0.0592.